The second-order valence-electron chi connectivity index (χ2n) is 5.72. The molecule has 0 saturated carbocycles. The summed E-state index contributed by atoms with van der Waals surface area (Å²) in [5.74, 6) is 0.128. The Morgan fingerprint density at radius 1 is 1.24 bits per heavy atom. The van der Waals surface area contributed by atoms with Crippen LogP contribution in [0.4, 0.5) is 0 Å². The fourth-order valence-electron chi connectivity index (χ4n) is 2.62. The second-order valence-corrected chi connectivity index (χ2v) is 5.72. The number of likely N-dealkylation sites (tertiary alicyclic amines) is 1. The minimum absolute atomic E-state index is 0. The average molecular weight is 391 g/mol. The van der Waals surface area contributed by atoms with E-state index in [1.54, 1.807) is 12.1 Å². The number of aliphatic imine (C=N–C) groups is 1. The molecule has 142 valence electrons. The van der Waals surface area contributed by atoms with E-state index in [-0.39, 0.29) is 30.8 Å². The van der Waals surface area contributed by atoms with Gasteiger partial charge in [-0.1, -0.05) is 12.1 Å². The molecule has 25 heavy (non-hydrogen) atoms. The van der Waals surface area contributed by atoms with Gasteiger partial charge >= 0.3 is 5.97 Å². The van der Waals surface area contributed by atoms with Crippen LogP contribution in [0.1, 0.15) is 35.2 Å². The van der Waals surface area contributed by atoms with E-state index < -0.39 is 0 Å². The molecule has 0 aliphatic carbocycles. The predicted octanol–water partition coefficient (Wildman–Crippen LogP) is 2.21. The van der Waals surface area contributed by atoms with E-state index in [0.29, 0.717) is 18.1 Å². The number of methoxy groups -OCH3 is 1. The SMILES string of the molecule is COC(=O)c1ccc(CN=C(N)NCCCN2CCCC2)cc1.Cl.Cl. The Bertz CT molecular complexity index is 532. The number of ether oxygens (including phenoxy) is 1. The Hall–Kier alpha value is -1.50. The van der Waals surface area contributed by atoms with Gasteiger partial charge in [-0.2, -0.15) is 0 Å². The number of halogens is 2. The highest BCUT2D eigenvalue weighted by Crippen LogP contribution is 2.07. The molecule has 0 amide bonds. The van der Waals surface area contributed by atoms with E-state index in [1.165, 1.54) is 33.0 Å². The maximum atomic E-state index is 11.3. The van der Waals surface area contributed by atoms with Gasteiger partial charge in [0.1, 0.15) is 0 Å². The second kappa shape index (κ2) is 12.8. The molecule has 1 fully saturated rings. The van der Waals surface area contributed by atoms with Gasteiger partial charge in [-0.25, -0.2) is 9.79 Å². The van der Waals surface area contributed by atoms with Gasteiger partial charge in [0.25, 0.3) is 0 Å². The van der Waals surface area contributed by atoms with Gasteiger partial charge in [0, 0.05) is 6.54 Å². The zero-order valence-corrected chi connectivity index (χ0v) is 16.2. The number of carbonyl (C=O) groups is 1. The number of nitrogens with zero attached hydrogens (tertiary/aromatic N) is 2. The van der Waals surface area contributed by atoms with E-state index in [2.05, 4.69) is 19.9 Å². The third kappa shape index (κ3) is 8.43. The molecule has 0 radical (unpaired) electrons. The first-order valence-electron chi connectivity index (χ1n) is 8.12. The smallest absolute Gasteiger partial charge is 0.337 e. The molecular weight excluding hydrogens is 363 g/mol. The Morgan fingerprint density at radius 2 is 1.88 bits per heavy atom. The number of benzene rings is 1. The van der Waals surface area contributed by atoms with Gasteiger partial charge in [0.15, 0.2) is 5.96 Å². The number of nitrogens with two attached hydrogens (primary N) is 1. The van der Waals surface area contributed by atoms with Gasteiger partial charge in [0.2, 0.25) is 0 Å². The Balaban J connectivity index is 0.00000288. The molecular formula is C17H28Cl2N4O2. The van der Waals surface area contributed by atoms with Crippen LogP contribution in [-0.4, -0.2) is 50.1 Å². The van der Waals surface area contributed by atoms with Gasteiger partial charge < -0.3 is 20.7 Å². The standard InChI is InChI=1S/C17H26N4O2.2ClH/c1-23-16(22)15-7-5-14(6-8-15)13-20-17(18)19-9-4-12-21-10-2-3-11-21;;/h5-8H,2-4,9-13H2,1H3,(H3,18,19,20);2*1H. The first kappa shape index (κ1) is 23.5. The van der Waals surface area contributed by atoms with Crippen molar-refractivity contribution in [1.29, 1.82) is 0 Å². The maximum absolute atomic E-state index is 11.3. The summed E-state index contributed by atoms with van der Waals surface area (Å²) in [5, 5.41) is 3.14. The van der Waals surface area contributed by atoms with Gasteiger partial charge in [-0.3, -0.25) is 0 Å². The number of esters is 1. The van der Waals surface area contributed by atoms with Crippen LogP contribution in [0.2, 0.25) is 0 Å². The van der Waals surface area contributed by atoms with Crippen molar-refractivity contribution in [3.8, 4) is 0 Å². The van der Waals surface area contributed by atoms with E-state index in [0.717, 1.165) is 25.1 Å². The number of rotatable bonds is 7. The van der Waals surface area contributed by atoms with Crippen molar-refractivity contribution in [3.05, 3.63) is 35.4 Å². The van der Waals surface area contributed by atoms with Crippen molar-refractivity contribution in [2.75, 3.05) is 33.3 Å². The molecule has 1 heterocycles. The van der Waals surface area contributed by atoms with Crippen molar-refractivity contribution in [3.63, 3.8) is 0 Å². The summed E-state index contributed by atoms with van der Waals surface area (Å²) in [6.07, 6.45) is 3.72. The van der Waals surface area contributed by atoms with Crippen LogP contribution in [0.15, 0.2) is 29.3 Å². The highest BCUT2D eigenvalue weighted by Gasteiger charge is 2.10. The Labute approximate surface area is 162 Å². The minimum atomic E-state index is -0.334. The van der Waals surface area contributed by atoms with Crippen molar-refractivity contribution < 1.29 is 9.53 Å². The summed E-state index contributed by atoms with van der Waals surface area (Å²) < 4.78 is 4.67. The van der Waals surface area contributed by atoms with Crippen molar-refractivity contribution >= 4 is 36.7 Å². The Kier molecular flexibility index (Phi) is 12.0. The summed E-state index contributed by atoms with van der Waals surface area (Å²) in [4.78, 5) is 18.1. The first-order valence-corrected chi connectivity index (χ1v) is 8.12. The quantitative estimate of drug-likeness (QED) is 0.322. The minimum Gasteiger partial charge on any atom is -0.465 e. The average Bonchev–Trinajstić information content (AvgIpc) is 3.10. The molecule has 1 aromatic carbocycles. The molecule has 0 atom stereocenters. The van der Waals surface area contributed by atoms with Gasteiger partial charge in [-0.05, 0) is 56.6 Å². The third-order valence-corrected chi connectivity index (χ3v) is 3.96. The molecule has 8 heteroatoms. The predicted molar refractivity (Wildman–Crippen MR) is 106 cm³/mol. The lowest BCUT2D eigenvalue weighted by molar-refractivity contribution is 0.0600. The van der Waals surface area contributed by atoms with Gasteiger partial charge in [0.05, 0.1) is 19.2 Å². The maximum Gasteiger partial charge on any atom is 0.337 e. The number of guanidine groups is 1. The summed E-state index contributed by atoms with van der Waals surface area (Å²) in [6, 6.07) is 7.18. The lowest BCUT2D eigenvalue weighted by Crippen LogP contribution is -2.34. The van der Waals surface area contributed by atoms with Crippen molar-refractivity contribution in [2.24, 2.45) is 10.7 Å². The molecule has 3 N–H and O–H groups in total. The molecule has 1 aliphatic rings. The van der Waals surface area contributed by atoms with Crippen LogP contribution in [0.5, 0.6) is 0 Å². The fraction of sp³-hybridized carbons (Fsp3) is 0.529. The molecule has 0 unspecified atom stereocenters. The van der Waals surface area contributed by atoms with E-state index in [4.69, 9.17) is 5.73 Å². The number of hydrogen-bond donors (Lipinski definition) is 2. The molecule has 0 spiro atoms. The molecule has 1 aromatic rings. The lowest BCUT2D eigenvalue weighted by Gasteiger charge is -2.14. The van der Waals surface area contributed by atoms with E-state index in [9.17, 15) is 4.79 Å². The highest BCUT2D eigenvalue weighted by atomic mass is 35.5. The zero-order valence-electron chi connectivity index (χ0n) is 14.6. The highest BCUT2D eigenvalue weighted by molar-refractivity contribution is 5.89. The van der Waals surface area contributed by atoms with E-state index in [1.807, 2.05) is 12.1 Å². The normalized spacial score (nSPS) is 14.4. The molecule has 0 aromatic heterocycles. The van der Waals surface area contributed by atoms with Crippen LogP contribution in [0.3, 0.4) is 0 Å². The van der Waals surface area contributed by atoms with Crippen molar-refractivity contribution in [2.45, 2.75) is 25.8 Å². The largest absolute Gasteiger partial charge is 0.465 e. The Morgan fingerprint density at radius 3 is 2.48 bits per heavy atom. The summed E-state index contributed by atoms with van der Waals surface area (Å²) >= 11 is 0. The monoisotopic (exact) mass is 390 g/mol. The topological polar surface area (TPSA) is 79.9 Å². The lowest BCUT2D eigenvalue weighted by atomic mass is 10.1. The zero-order chi connectivity index (χ0) is 16.5. The number of carbonyl (C=O) groups excluding carboxylic acids is 1. The fourth-order valence-corrected chi connectivity index (χ4v) is 2.62. The van der Waals surface area contributed by atoms with Crippen LogP contribution in [0, 0.1) is 0 Å². The molecule has 1 saturated heterocycles. The summed E-state index contributed by atoms with van der Waals surface area (Å²) in [5.41, 5.74) is 7.40. The van der Waals surface area contributed by atoms with Crippen LogP contribution < -0.4 is 11.1 Å². The molecule has 2 rings (SSSR count). The summed E-state index contributed by atoms with van der Waals surface area (Å²) in [6.45, 7) is 4.91. The van der Waals surface area contributed by atoms with Gasteiger partial charge in [-0.15, -0.1) is 24.8 Å². The number of nitrogens with one attached hydrogen (secondary N) is 1. The third-order valence-electron chi connectivity index (χ3n) is 3.96. The van der Waals surface area contributed by atoms with E-state index >= 15 is 0 Å². The van der Waals surface area contributed by atoms with Crippen LogP contribution in [-0.2, 0) is 11.3 Å². The number of hydrogen-bond acceptors (Lipinski definition) is 4. The first-order chi connectivity index (χ1) is 11.2. The molecule has 6 nitrogen and oxygen atoms in total. The van der Waals surface area contributed by atoms with Crippen LogP contribution >= 0.6 is 24.8 Å². The molecule has 1 aliphatic heterocycles. The summed E-state index contributed by atoms with van der Waals surface area (Å²) in [7, 11) is 1.37. The molecule has 0 bridgehead atoms. The van der Waals surface area contributed by atoms with Crippen molar-refractivity contribution in [1.82, 2.24) is 10.2 Å². The van der Waals surface area contributed by atoms with Crippen LogP contribution in [0.25, 0.3) is 0 Å².